The van der Waals surface area contributed by atoms with Gasteiger partial charge in [-0.3, -0.25) is 4.79 Å². The molecule has 25 heavy (non-hydrogen) atoms. The Balaban J connectivity index is 1.96. The van der Waals surface area contributed by atoms with Gasteiger partial charge in [-0.2, -0.15) is 0 Å². The van der Waals surface area contributed by atoms with Crippen LogP contribution in [0, 0.1) is 5.92 Å². The molecule has 1 atom stereocenters. The van der Waals surface area contributed by atoms with Crippen molar-refractivity contribution < 1.29 is 14.7 Å². The summed E-state index contributed by atoms with van der Waals surface area (Å²) in [5, 5.41) is 8.94. The number of hydrogen-bond acceptors (Lipinski definition) is 2. The van der Waals surface area contributed by atoms with Crippen LogP contribution in [0.15, 0.2) is 48.1 Å². The Bertz CT molecular complexity index is 671. The number of carboxylic acids is 1. The molecule has 0 bridgehead atoms. The van der Waals surface area contributed by atoms with Gasteiger partial charge in [-0.25, -0.2) is 4.79 Å². The zero-order chi connectivity index (χ0) is 18.4. The minimum Gasteiger partial charge on any atom is -0.478 e. The number of rotatable bonds is 7. The molecule has 1 N–H and O–H groups in total. The van der Waals surface area contributed by atoms with E-state index in [1.165, 1.54) is 5.57 Å². The van der Waals surface area contributed by atoms with Crippen LogP contribution in [-0.4, -0.2) is 34.5 Å². The van der Waals surface area contributed by atoms with Gasteiger partial charge in [0.05, 0.1) is 11.6 Å². The van der Waals surface area contributed by atoms with Gasteiger partial charge in [-0.15, -0.1) is 0 Å². The Morgan fingerprint density at radius 3 is 2.60 bits per heavy atom. The Hall–Kier alpha value is -2.36. The molecular weight excluding hydrogens is 314 g/mol. The molecule has 1 aliphatic heterocycles. The summed E-state index contributed by atoms with van der Waals surface area (Å²) in [5.74, 6) is -0.197. The van der Waals surface area contributed by atoms with E-state index < -0.39 is 5.97 Å². The normalized spacial score (nSPS) is 18.6. The van der Waals surface area contributed by atoms with Crippen molar-refractivity contribution in [2.75, 3.05) is 6.54 Å². The molecule has 4 heteroatoms. The number of carbonyl (C=O) groups is 2. The summed E-state index contributed by atoms with van der Waals surface area (Å²) >= 11 is 0. The van der Waals surface area contributed by atoms with Crippen molar-refractivity contribution in [1.29, 1.82) is 0 Å². The van der Waals surface area contributed by atoms with E-state index in [2.05, 4.69) is 39.0 Å². The molecular formula is C21H27NO3. The first-order valence-electron chi connectivity index (χ1n) is 8.85. The number of nitrogens with zero attached hydrogens (tertiary/aromatic N) is 1. The van der Waals surface area contributed by atoms with Crippen LogP contribution < -0.4 is 0 Å². The topological polar surface area (TPSA) is 57.6 Å². The van der Waals surface area contributed by atoms with Crippen LogP contribution in [0.5, 0.6) is 0 Å². The van der Waals surface area contributed by atoms with Crippen molar-refractivity contribution in [2.45, 2.75) is 46.1 Å². The highest BCUT2D eigenvalue weighted by atomic mass is 16.4. The first-order valence-corrected chi connectivity index (χ1v) is 8.85. The third kappa shape index (κ3) is 5.31. The van der Waals surface area contributed by atoms with E-state index in [4.69, 9.17) is 5.11 Å². The molecule has 1 aliphatic rings. The number of benzene rings is 1. The quantitative estimate of drug-likeness (QED) is 0.760. The van der Waals surface area contributed by atoms with E-state index in [0.717, 1.165) is 18.4 Å². The van der Waals surface area contributed by atoms with Crippen LogP contribution in [0.3, 0.4) is 0 Å². The van der Waals surface area contributed by atoms with Gasteiger partial charge in [0.15, 0.2) is 0 Å². The van der Waals surface area contributed by atoms with Crippen LogP contribution in [0.1, 0.15) is 49.5 Å². The van der Waals surface area contributed by atoms with Gasteiger partial charge < -0.3 is 10.0 Å². The standard InChI is InChI=1S/C21H27NO3/c1-15(2)16(3)5-4-6-19-11-12-20(23)22(19)14-13-17-7-9-18(10-8-17)21(24)25/h4-10,15,19H,11-14H2,1-3H3,(H,24,25)/b6-4+,16-5+. The van der Waals surface area contributed by atoms with Crippen molar-refractivity contribution in [3.63, 3.8) is 0 Å². The minimum atomic E-state index is -0.920. The lowest BCUT2D eigenvalue weighted by atomic mass is 10.0. The molecule has 2 rings (SSSR count). The van der Waals surface area contributed by atoms with Crippen LogP contribution in [0.2, 0.25) is 0 Å². The van der Waals surface area contributed by atoms with Crippen molar-refractivity contribution in [1.82, 2.24) is 4.90 Å². The molecule has 1 aromatic rings. The Kier molecular flexibility index (Phi) is 6.57. The smallest absolute Gasteiger partial charge is 0.335 e. The SMILES string of the molecule is C/C(=C\C=C\C1CCC(=O)N1CCc1ccc(C(=O)O)cc1)C(C)C. The predicted octanol–water partition coefficient (Wildman–Crippen LogP) is 4.08. The van der Waals surface area contributed by atoms with Gasteiger partial charge in [-0.1, -0.05) is 49.8 Å². The third-order valence-electron chi connectivity index (χ3n) is 4.82. The largest absolute Gasteiger partial charge is 0.478 e. The maximum absolute atomic E-state index is 12.2. The Morgan fingerprint density at radius 2 is 2.00 bits per heavy atom. The summed E-state index contributed by atoms with van der Waals surface area (Å²) in [6, 6.07) is 7.02. The van der Waals surface area contributed by atoms with Crippen molar-refractivity contribution >= 4 is 11.9 Å². The molecule has 134 valence electrons. The highest BCUT2D eigenvalue weighted by Gasteiger charge is 2.28. The maximum atomic E-state index is 12.2. The number of allylic oxidation sites excluding steroid dienone is 3. The highest BCUT2D eigenvalue weighted by molar-refractivity contribution is 5.87. The first kappa shape index (κ1) is 19.0. The molecule has 1 amide bonds. The second-order valence-corrected chi connectivity index (χ2v) is 6.90. The van der Waals surface area contributed by atoms with Gasteiger partial charge in [0.1, 0.15) is 0 Å². The summed E-state index contributed by atoms with van der Waals surface area (Å²) in [7, 11) is 0. The minimum absolute atomic E-state index is 0.155. The van der Waals surface area contributed by atoms with Gasteiger partial charge in [0, 0.05) is 13.0 Å². The molecule has 0 aliphatic carbocycles. The fraction of sp³-hybridized carbons (Fsp3) is 0.429. The van der Waals surface area contributed by atoms with Crippen molar-refractivity contribution in [3.05, 3.63) is 59.2 Å². The number of amides is 1. The molecule has 1 unspecified atom stereocenters. The monoisotopic (exact) mass is 341 g/mol. The third-order valence-corrected chi connectivity index (χ3v) is 4.82. The molecule has 1 aromatic carbocycles. The highest BCUT2D eigenvalue weighted by Crippen LogP contribution is 2.21. The zero-order valence-corrected chi connectivity index (χ0v) is 15.2. The lowest BCUT2D eigenvalue weighted by molar-refractivity contribution is -0.128. The summed E-state index contributed by atoms with van der Waals surface area (Å²) in [6.07, 6.45) is 8.49. The lowest BCUT2D eigenvalue weighted by Crippen LogP contribution is -2.33. The van der Waals surface area contributed by atoms with E-state index in [1.54, 1.807) is 12.1 Å². The van der Waals surface area contributed by atoms with Crippen molar-refractivity contribution in [2.24, 2.45) is 5.92 Å². The number of hydrogen-bond donors (Lipinski definition) is 1. The summed E-state index contributed by atoms with van der Waals surface area (Å²) in [5.41, 5.74) is 2.66. The van der Waals surface area contributed by atoms with E-state index in [1.807, 2.05) is 17.0 Å². The van der Waals surface area contributed by atoms with Crippen LogP contribution in [-0.2, 0) is 11.2 Å². The first-order chi connectivity index (χ1) is 11.9. The average molecular weight is 341 g/mol. The van der Waals surface area contributed by atoms with E-state index in [-0.39, 0.29) is 17.5 Å². The molecule has 0 saturated carbocycles. The van der Waals surface area contributed by atoms with Gasteiger partial charge >= 0.3 is 5.97 Å². The molecule has 1 heterocycles. The molecule has 0 radical (unpaired) electrons. The fourth-order valence-electron chi connectivity index (χ4n) is 2.84. The second-order valence-electron chi connectivity index (χ2n) is 6.90. The van der Waals surface area contributed by atoms with Crippen molar-refractivity contribution in [3.8, 4) is 0 Å². The van der Waals surface area contributed by atoms with Crippen LogP contribution in [0.25, 0.3) is 0 Å². The Morgan fingerprint density at radius 1 is 1.32 bits per heavy atom. The molecule has 1 fully saturated rings. The zero-order valence-electron chi connectivity index (χ0n) is 15.2. The van der Waals surface area contributed by atoms with E-state index in [0.29, 0.717) is 18.9 Å². The number of carbonyl (C=O) groups excluding carboxylic acids is 1. The maximum Gasteiger partial charge on any atom is 0.335 e. The molecule has 0 spiro atoms. The molecule has 1 saturated heterocycles. The summed E-state index contributed by atoms with van der Waals surface area (Å²) < 4.78 is 0. The lowest BCUT2D eigenvalue weighted by Gasteiger charge is -2.22. The van der Waals surface area contributed by atoms with Crippen LogP contribution in [0.4, 0.5) is 0 Å². The van der Waals surface area contributed by atoms with Gasteiger partial charge in [-0.05, 0) is 43.4 Å². The number of carboxylic acid groups (broad SMARTS) is 1. The fourth-order valence-corrected chi connectivity index (χ4v) is 2.84. The predicted molar refractivity (Wildman–Crippen MR) is 99.6 cm³/mol. The van der Waals surface area contributed by atoms with E-state index >= 15 is 0 Å². The number of aromatic carboxylic acids is 1. The second kappa shape index (κ2) is 8.65. The molecule has 0 aromatic heterocycles. The van der Waals surface area contributed by atoms with Crippen LogP contribution >= 0.6 is 0 Å². The molecule has 4 nitrogen and oxygen atoms in total. The van der Waals surface area contributed by atoms with Gasteiger partial charge in [0.2, 0.25) is 5.91 Å². The summed E-state index contributed by atoms with van der Waals surface area (Å²) in [6.45, 7) is 7.11. The van der Waals surface area contributed by atoms with Gasteiger partial charge in [0.25, 0.3) is 0 Å². The van der Waals surface area contributed by atoms with E-state index in [9.17, 15) is 9.59 Å². The Labute approximate surface area is 149 Å². The summed E-state index contributed by atoms with van der Waals surface area (Å²) in [4.78, 5) is 25.0. The number of likely N-dealkylation sites (tertiary alicyclic amines) is 1. The average Bonchev–Trinajstić information content (AvgIpc) is 2.93.